The van der Waals surface area contributed by atoms with Crippen LogP contribution in [0.5, 0.6) is 0 Å². The second kappa shape index (κ2) is 5.92. The lowest BCUT2D eigenvalue weighted by molar-refractivity contribution is -0.113. The number of urea groups is 1. The highest BCUT2D eigenvalue weighted by Crippen LogP contribution is 2.24. The summed E-state index contributed by atoms with van der Waals surface area (Å²) in [4.78, 5) is 31.6. The summed E-state index contributed by atoms with van der Waals surface area (Å²) in [5.41, 5.74) is 2.58. The van der Waals surface area contributed by atoms with Gasteiger partial charge >= 0.3 is 6.03 Å². The zero-order chi connectivity index (χ0) is 16.4. The number of anilines is 2. The maximum absolute atomic E-state index is 12.5. The number of imide groups is 1. The van der Waals surface area contributed by atoms with E-state index in [1.54, 1.807) is 42.7 Å². The molecule has 1 aliphatic rings. The maximum atomic E-state index is 12.5. The molecule has 1 saturated heterocycles. The van der Waals surface area contributed by atoms with Gasteiger partial charge in [-0.2, -0.15) is 0 Å². The zero-order valence-corrected chi connectivity index (χ0v) is 12.9. The summed E-state index contributed by atoms with van der Waals surface area (Å²) in [6.07, 6.45) is 4.90. The van der Waals surface area contributed by atoms with Crippen LogP contribution in [0, 0.1) is 0 Å². The third-order valence-electron chi connectivity index (χ3n) is 3.52. The van der Waals surface area contributed by atoms with Crippen molar-refractivity contribution >= 4 is 29.4 Å². The fourth-order valence-electron chi connectivity index (χ4n) is 2.30. The Kier molecular flexibility index (Phi) is 3.80. The number of carbonyl (C=O) groups is 2. The Balaban J connectivity index is 1.88. The zero-order valence-electron chi connectivity index (χ0n) is 12.9. The van der Waals surface area contributed by atoms with Gasteiger partial charge < -0.3 is 10.2 Å². The Hall–Kier alpha value is -3.15. The van der Waals surface area contributed by atoms with E-state index >= 15 is 0 Å². The molecule has 1 N–H and O–H groups in total. The summed E-state index contributed by atoms with van der Waals surface area (Å²) in [5, 5.41) is 2.61. The van der Waals surface area contributed by atoms with Crippen LogP contribution in [-0.2, 0) is 4.79 Å². The molecule has 1 aliphatic heterocycles. The van der Waals surface area contributed by atoms with E-state index < -0.39 is 6.03 Å². The first-order chi connectivity index (χ1) is 11.1. The minimum Gasteiger partial charge on any atom is -0.378 e. The summed E-state index contributed by atoms with van der Waals surface area (Å²) in [5.74, 6) is -0.371. The van der Waals surface area contributed by atoms with E-state index in [1.807, 2.05) is 31.1 Å². The number of aromatic nitrogens is 1. The molecule has 3 rings (SSSR count). The van der Waals surface area contributed by atoms with E-state index in [-0.39, 0.29) is 11.6 Å². The number of hydrogen-bond acceptors (Lipinski definition) is 4. The van der Waals surface area contributed by atoms with Crippen LogP contribution in [0.1, 0.15) is 5.56 Å². The first-order valence-electron chi connectivity index (χ1n) is 7.11. The van der Waals surface area contributed by atoms with Crippen molar-refractivity contribution in [3.05, 3.63) is 60.1 Å². The second-order valence-corrected chi connectivity index (χ2v) is 5.32. The summed E-state index contributed by atoms with van der Waals surface area (Å²) in [6, 6.07) is 10.3. The van der Waals surface area contributed by atoms with Gasteiger partial charge in [-0.25, -0.2) is 9.69 Å². The van der Waals surface area contributed by atoms with Gasteiger partial charge in [0.25, 0.3) is 5.91 Å². The molecule has 0 spiro atoms. The molecule has 0 bridgehead atoms. The van der Waals surface area contributed by atoms with Crippen molar-refractivity contribution in [1.29, 1.82) is 0 Å². The molecule has 23 heavy (non-hydrogen) atoms. The van der Waals surface area contributed by atoms with Crippen molar-refractivity contribution < 1.29 is 9.59 Å². The standard InChI is InChI=1S/C17H16N4O2/c1-20(2)13-3-5-14(6-4-13)21-16(22)15(19-17(21)23)11-12-7-9-18-10-8-12/h3-11H,1-2H3,(H,19,23)/b15-11-. The molecule has 0 saturated carbocycles. The fourth-order valence-corrected chi connectivity index (χ4v) is 2.30. The van der Waals surface area contributed by atoms with E-state index in [0.29, 0.717) is 5.69 Å². The van der Waals surface area contributed by atoms with Crippen LogP contribution in [0.3, 0.4) is 0 Å². The molecule has 6 nitrogen and oxygen atoms in total. The van der Waals surface area contributed by atoms with E-state index in [9.17, 15) is 9.59 Å². The average Bonchev–Trinajstić information content (AvgIpc) is 2.82. The largest absolute Gasteiger partial charge is 0.378 e. The number of amides is 3. The molecule has 6 heteroatoms. The Bertz CT molecular complexity index is 767. The predicted octanol–water partition coefficient (Wildman–Crippen LogP) is 2.24. The number of benzene rings is 1. The SMILES string of the molecule is CN(C)c1ccc(N2C(=O)N/C(=C\c3ccncc3)C2=O)cc1. The number of hydrogen-bond donors (Lipinski definition) is 1. The normalized spacial score (nSPS) is 15.9. The summed E-state index contributed by atoms with van der Waals surface area (Å²) in [6.45, 7) is 0. The molecule has 1 aromatic carbocycles. The number of nitrogens with zero attached hydrogens (tertiary/aromatic N) is 3. The third kappa shape index (κ3) is 2.91. The number of carbonyl (C=O) groups excluding carboxylic acids is 2. The first-order valence-corrected chi connectivity index (χ1v) is 7.11. The highest BCUT2D eigenvalue weighted by Gasteiger charge is 2.34. The van der Waals surface area contributed by atoms with Gasteiger partial charge in [-0.05, 0) is 48.0 Å². The van der Waals surface area contributed by atoms with Gasteiger partial charge in [-0.1, -0.05) is 0 Å². The smallest absolute Gasteiger partial charge is 0.333 e. The van der Waals surface area contributed by atoms with Crippen LogP contribution < -0.4 is 15.1 Å². The Morgan fingerprint density at radius 2 is 1.70 bits per heavy atom. The van der Waals surface area contributed by atoms with Crippen LogP contribution in [0.2, 0.25) is 0 Å². The molecule has 1 aromatic heterocycles. The van der Waals surface area contributed by atoms with Crippen molar-refractivity contribution in [3.63, 3.8) is 0 Å². The molecule has 1 fully saturated rings. The second-order valence-electron chi connectivity index (χ2n) is 5.32. The van der Waals surface area contributed by atoms with Gasteiger partial charge in [-0.3, -0.25) is 9.78 Å². The van der Waals surface area contributed by atoms with Crippen LogP contribution in [0.15, 0.2) is 54.5 Å². The van der Waals surface area contributed by atoms with Crippen molar-refractivity contribution in [3.8, 4) is 0 Å². The van der Waals surface area contributed by atoms with Gasteiger partial charge in [-0.15, -0.1) is 0 Å². The Labute approximate surface area is 134 Å². The van der Waals surface area contributed by atoms with E-state index in [4.69, 9.17) is 0 Å². The highest BCUT2D eigenvalue weighted by molar-refractivity contribution is 6.28. The minimum absolute atomic E-state index is 0.248. The summed E-state index contributed by atoms with van der Waals surface area (Å²) >= 11 is 0. The molecule has 0 atom stereocenters. The molecule has 2 heterocycles. The van der Waals surface area contributed by atoms with Crippen LogP contribution in [-0.4, -0.2) is 31.0 Å². The summed E-state index contributed by atoms with van der Waals surface area (Å²) < 4.78 is 0. The molecule has 0 unspecified atom stereocenters. The Morgan fingerprint density at radius 1 is 1.04 bits per heavy atom. The topological polar surface area (TPSA) is 65.5 Å². The van der Waals surface area contributed by atoms with Crippen molar-refractivity contribution in [2.75, 3.05) is 23.9 Å². The Morgan fingerprint density at radius 3 is 2.30 bits per heavy atom. The monoisotopic (exact) mass is 308 g/mol. The average molecular weight is 308 g/mol. The van der Waals surface area contributed by atoms with Gasteiger partial charge in [0.15, 0.2) is 0 Å². The predicted molar refractivity (Wildman–Crippen MR) is 89.0 cm³/mol. The lowest BCUT2D eigenvalue weighted by atomic mass is 10.2. The lowest BCUT2D eigenvalue weighted by Crippen LogP contribution is -2.30. The maximum Gasteiger partial charge on any atom is 0.333 e. The number of rotatable bonds is 3. The lowest BCUT2D eigenvalue weighted by Gasteiger charge is -2.15. The number of pyridine rings is 1. The number of nitrogens with one attached hydrogen (secondary N) is 1. The van der Waals surface area contributed by atoms with E-state index in [0.717, 1.165) is 16.2 Å². The quantitative estimate of drug-likeness (QED) is 0.697. The van der Waals surface area contributed by atoms with Crippen LogP contribution >= 0.6 is 0 Å². The van der Waals surface area contributed by atoms with Gasteiger partial charge in [0.1, 0.15) is 5.70 Å². The van der Waals surface area contributed by atoms with Gasteiger partial charge in [0, 0.05) is 32.2 Å². The van der Waals surface area contributed by atoms with Crippen LogP contribution in [0.4, 0.5) is 16.2 Å². The molecular weight excluding hydrogens is 292 g/mol. The summed E-state index contributed by atoms with van der Waals surface area (Å²) in [7, 11) is 3.86. The molecule has 0 aliphatic carbocycles. The molecule has 116 valence electrons. The van der Waals surface area contributed by atoms with E-state index in [1.165, 1.54) is 0 Å². The molecular formula is C17H16N4O2. The molecule has 3 amide bonds. The highest BCUT2D eigenvalue weighted by atomic mass is 16.2. The van der Waals surface area contributed by atoms with Gasteiger partial charge in [0.05, 0.1) is 5.69 Å². The fraction of sp³-hybridized carbons (Fsp3) is 0.118. The van der Waals surface area contributed by atoms with E-state index in [2.05, 4.69) is 10.3 Å². The van der Waals surface area contributed by atoms with Gasteiger partial charge in [0.2, 0.25) is 0 Å². The van der Waals surface area contributed by atoms with Crippen LogP contribution in [0.25, 0.3) is 6.08 Å². The minimum atomic E-state index is -0.451. The van der Waals surface area contributed by atoms with Crippen molar-refractivity contribution in [2.24, 2.45) is 0 Å². The van der Waals surface area contributed by atoms with Crippen molar-refractivity contribution in [1.82, 2.24) is 10.3 Å². The first kappa shape index (κ1) is 14.8. The molecule has 0 radical (unpaired) electrons. The third-order valence-corrected chi connectivity index (χ3v) is 3.52. The molecule has 2 aromatic rings. The van der Waals surface area contributed by atoms with Crippen molar-refractivity contribution in [2.45, 2.75) is 0 Å².